The molecule has 0 aliphatic carbocycles. The average molecular weight is 310 g/mol. The van der Waals surface area contributed by atoms with E-state index in [1.54, 1.807) is 23.9 Å². The Kier molecular flexibility index (Phi) is 8.54. The quantitative estimate of drug-likeness (QED) is 0.603. The lowest BCUT2D eigenvalue weighted by molar-refractivity contribution is -0.120. The summed E-state index contributed by atoms with van der Waals surface area (Å²) in [6, 6.07) is 7.24. The first-order valence-electron chi connectivity index (χ1n) is 6.93. The summed E-state index contributed by atoms with van der Waals surface area (Å²) in [6.45, 7) is 2.31. The standard InChI is InChI=1S/C15H22N2O3S/c1-12(19)17-14-5-3-13(4-6-14)11-15(20)16-7-10-21-9-2-8-18/h3-6,18H,2,7-11H2,1H3,(H,16,20)(H,17,19). The predicted molar refractivity (Wildman–Crippen MR) is 86.5 cm³/mol. The summed E-state index contributed by atoms with van der Waals surface area (Å²) in [4.78, 5) is 22.6. The first kappa shape index (κ1) is 17.5. The van der Waals surface area contributed by atoms with Gasteiger partial charge in [-0.2, -0.15) is 11.8 Å². The van der Waals surface area contributed by atoms with Gasteiger partial charge in [-0.25, -0.2) is 0 Å². The van der Waals surface area contributed by atoms with Crippen LogP contribution in [0.1, 0.15) is 18.9 Å². The predicted octanol–water partition coefficient (Wildman–Crippen LogP) is 1.42. The number of thioether (sulfide) groups is 1. The van der Waals surface area contributed by atoms with Crippen molar-refractivity contribution in [3.63, 3.8) is 0 Å². The van der Waals surface area contributed by atoms with Crippen molar-refractivity contribution in [2.45, 2.75) is 19.8 Å². The number of nitrogens with one attached hydrogen (secondary N) is 2. The number of hydrogen-bond acceptors (Lipinski definition) is 4. The Labute approximate surface area is 129 Å². The third kappa shape index (κ3) is 8.37. The largest absolute Gasteiger partial charge is 0.396 e. The van der Waals surface area contributed by atoms with E-state index in [2.05, 4.69) is 10.6 Å². The van der Waals surface area contributed by atoms with Crippen LogP contribution in [-0.2, 0) is 16.0 Å². The molecule has 2 amide bonds. The summed E-state index contributed by atoms with van der Waals surface area (Å²) in [5.74, 6) is 1.65. The van der Waals surface area contributed by atoms with Crippen LogP contribution in [0.4, 0.5) is 5.69 Å². The number of carbonyl (C=O) groups is 2. The second-order valence-corrected chi connectivity index (χ2v) is 5.82. The molecule has 1 rings (SSSR count). The van der Waals surface area contributed by atoms with Crippen molar-refractivity contribution < 1.29 is 14.7 Å². The first-order chi connectivity index (χ1) is 10.1. The van der Waals surface area contributed by atoms with E-state index in [1.165, 1.54) is 6.92 Å². The van der Waals surface area contributed by atoms with Crippen LogP contribution in [0.2, 0.25) is 0 Å². The first-order valence-corrected chi connectivity index (χ1v) is 8.09. The van der Waals surface area contributed by atoms with Crippen LogP contribution in [0, 0.1) is 0 Å². The monoisotopic (exact) mass is 310 g/mol. The minimum atomic E-state index is -0.112. The van der Waals surface area contributed by atoms with E-state index in [-0.39, 0.29) is 18.4 Å². The molecule has 116 valence electrons. The van der Waals surface area contributed by atoms with E-state index in [4.69, 9.17) is 5.11 Å². The summed E-state index contributed by atoms with van der Waals surface area (Å²) < 4.78 is 0. The van der Waals surface area contributed by atoms with Crippen LogP contribution in [0.15, 0.2) is 24.3 Å². The minimum Gasteiger partial charge on any atom is -0.396 e. The lowest BCUT2D eigenvalue weighted by Crippen LogP contribution is -2.27. The Morgan fingerprint density at radius 3 is 2.52 bits per heavy atom. The lowest BCUT2D eigenvalue weighted by Gasteiger charge is -2.06. The molecule has 0 unspecified atom stereocenters. The molecule has 0 saturated heterocycles. The second-order valence-electron chi connectivity index (χ2n) is 4.59. The number of benzene rings is 1. The van der Waals surface area contributed by atoms with Crippen LogP contribution < -0.4 is 10.6 Å². The van der Waals surface area contributed by atoms with Crippen molar-refractivity contribution in [3.8, 4) is 0 Å². The van der Waals surface area contributed by atoms with Crippen molar-refractivity contribution in [1.82, 2.24) is 5.32 Å². The Balaban J connectivity index is 2.23. The second kappa shape index (κ2) is 10.2. The van der Waals surface area contributed by atoms with E-state index >= 15 is 0 Å². The Hall–Kier alpha value is -1.53. The van der Waals surface area contributed by atoms with Crippen molar-refractivity contribution in [2.75, 3.05) is 30.0 Å². The highest BCUT2D eigenvalue weighted by molar-refractivity contribution is 7.99. The maximum absolute atomic E-state index is 11.7. The molecule has 0 spiro atoms. The van der Waals surface area contributed by atoms with E-state index in [9.17, 15) is 9.59 Å². The van der Waals surface area contributed by atoms with Gasteiger partial charge in [0.05, 0.1) is 6.42 Å². The van der Waals surface area contributed by atoms with E-state index < -0.39 is 0 Å². The molecule has 0 aromatic heterocycles. The van der Waals surface area contributed by atoms with Crippen LogP contribution in [0.3, 0.4) is 0 Å². The summed E-state index contributed by atoms with van der Waals surface area (Å²) in [5.41, 5.74) is 1.64. The topological polar surface area (TPSA) is 78.4 Å². The van der Waals surface area contributed by atoms with Gasteiger partial charge in [0.2, 0.25) is 11.8 Å². The number of amides is 2. The number of anilines is 1. The Morgan fingerprint density at radius 1 is 1.19 bits per heavy atom. The molecule has 0 aliphatic rings. The molecule has 0 saturated carbocycles. The molecule has 0 bridgehead atoms. The van der Waals surface area contributed by atoms with Crippen LogP contribution in [-0.4, -0.2) is 41.6 Å². The summed E-state index contributed by atoms with van der Waals surface area (Å²) in [6.07, 6.45) is 1.13. The van der Waals surface area contributed by atoms with E-state index in [1.807, 2.05) is 12.1 Å². The van der Waals surface area contributed by atoms with Crippen molar-refractivity contribution >= 4 is 29.3 Å². The molecule has 0 fully saturated rings. The SMILES string of the molecule is CC(=O)Nc1ccc(CC(=O)NCCSCCCO)cc1. The molecule has 0 radical (unpaired) electrons. The van der Waals surface area contributed by atoms with Crippen molar-refractivity contribution in [1.29, 1.82) is 0 Å². The fourth-order valence-corrected chi connectivity index (χ4v) is 2.47. The van der Waals surface area contributed by atoms with Gasteiger partial charge in [0.25, 0.3) is 0 Å². The minimum absolute atomic E-state index is 0.00923. The molecule has 0 atom stereocenters. The highest BCUT2D eigenvalue weighted by atomic mass is 32.2. The number of hydrogen-bond donors (Lipinski definition) is 3. The fourth-order valence-electron chi connectivity index (χ4n) is 1.69. The Morgan fingerprint density at radius 2 is 1.90 bits per heavy atom. The van der Waals surface area contributed by atoms with Gasteiger partial charge >= 0.3 is 0 Å². The molecule has 1 aromatic carbocycles. The highest BCUT2D eigenvalue weighted by Gasteiger charge is 2.03. The van der Waals surface area contributed by atoms with Gasteiger partial charge in [-0.1, -0.05) is 12.1 Å². The molecule has 0 aliphatic heterocycles. The van der Waals surface area contributed by atoms with Crippen molar-refractivity contribution in [3.05, 3.63) is 29.8 Å². The summed E-state index contributed by atoms with van der Waals surface area (Å²) >= 11 is 1.72. The molecule has 5 nitrogen and oxygen atoms in total. The highest BCUT2D eigenvalue weighted by Crippen LogP contribution is 2.10. The van der Waals surface area contributed by atoms with E-state index in [0.29, 0.717) is 13.0 Å². The van der Waals surface area contributed by atoms with Crippen LogP contribution >= 0.6 is 11.8 Å². The zero-order chi connectivity index (χ0) is 15.5. The zero-order valence-electron chi connectivity index (χ0n) is 12.2. The van der Waals surface area contributed by atoms with Gasteiger partial charge in [-0.15, -0.1) is 0 Å². The normalized spacial score (nSPS) is 10.2. The zero-order valence-corrected chi connectivity index (χ0v) is 13.0. The van der Waals surface area contributed by atoms with Gasteiger partial charge in [0.15, 0.2) is 0 Å². The molecule has 0 heterocycles. The van der Waals surface area contributed by atoms with Gasteiger partial charge in [0, 0.05) is 31.5 Å². The summed E-state index contributed by atoms with van der Waals surface area (Å²) in [5, 5.41) is 14.2. The van der Waals surface area contributed by atoms with Gasteiger partial charge in [-0.3, -0.25) is 9.59 Å². The van der Waals surface area contributed by atoms with Gasteiger partial charge in [0.1, 0.15) is 0 Å². The van der Waals surface area contributed by atoms with Crippen LogP contribution in [0.5, 0.6) is 0 Å². The number of aliphatic hydroxyl groups excluding tert-OH is 1. The van der Waals surface area contributed by atoms with Crippen molar-refractivity contribution in [2.24, 2.45) is 0 Å². The maximum Gasteiger partial charge on any atom is 0.224 e. The molecular weight excluding hydrogens is 288 g/mol. The number of rotatable bonds is 9. The molecule has 6 heteroatoms. The number of aliphatic hydroxyl groups is 1. The van der Waals surface area contributed by atoms with Gasteiger partial charge < -0.3 is 15.7 Å². The maximum atomic E-state index is 11.7. The van der Waals surface area contributed by atoms with Crippen LogP contribution in [0.25, 0.3) is 0 Å². The Bertz CT molecular complexity index is 449. The molecule has 3 N–H and O–H groups in total. The van der Waals surface area contributed by atoms with E-state index in [0.717, 1.165) is 29.2 Å². The summed E-state index contributed by atoms with van der Waals surface area (Å²) in [7, 11) is 0. The molecular formula is C15H22N2O3S. The molecule has 21 heavy (non-hydrogen) atoms. The third-order valence-electron chi connectivity index (χ3n) is 2.65. The lowest BCUT2D eigenvalue weighted by atomic mass is 10.1. The van der Waals surface area contributed by atoms with Gasteiger partial charge in [-0.05, 0) is 29.9 Å². The fraction of sp³-hybridized carbons (Fsp3) is 0.467. The smallest absolute Gasteiger partial charge is 0.224 e. The third-order valence-corrected chi connectivity index (χ3v) is 3.72. The number of carbonyl (C=O) groups excluding carboxylic acids is 2. The average Bonchev–Trinajstić information content (AvgIpc) is 2.44. The molecule has 1 aromatic rings.